The fourth-order valence-corrected chi connectivity index (χ4v) is 2.17. The lowest BCUT2D eigenvalue weighted by molar-refractivity contribution is 0.477. The molecule has 0 aliphatic carbocycles. The molecule has 0 atom stereocenters. The van der Waals surface area contributed by atoms with Crippen LogP contribution < -0.4 is 5.73 Å². The van der Waals surface area contributed by atoms with Crippen LogP contribution in [0.4, 0.5) is 5.69 Å². The fourth-order valence-electron chi connectivity index (χ4n) is 2.17. The summed E-state index contributed by atoms with van der Waals surface area (Å²) < 4.78 is 0. The highest BCUT2D eigenvalue weighted by atomic mass is 16.3. The van der Waals surface area contributed by atoms with Crippen molar-refractivity contribution in [1.29, 1.82) is 0 Å². The van der Waals surface area contributed by atoms with Crippen LogP contribution in [0.25, 0.3) is 10.8 Å². The lowest BCUT2D eigenvalue weighted by Gasteiger charge is -2.02. The SMILES string of the molecule is CCc1ccc(N)c(O)c1.Cc1ccc2ccccc2c1O. The number of nitrogens with two attached hydrogens (primary N) is 1. The first-order valence-corrected chi connectivity index (χ1v) is 7.27. The average molecular weight is 295 g/mol. The van der Waals surface area contributed by atoms with Crippen LogP contribution in [-0.2, 0) is 6.42 Å². The standard InChI is InChI=1S/C11H10O.C8H11NO/c1-8-6-7-9-4-2-3-5-10(9)11(8)12;1-2-6-3-4-7(9)8(10)5-6/h2-7,12H,1H3;3-5,10H,2,9H2,1H3. The van der Waals surface area contributed by atoms with Crippen molar-refractivity contribution in [3.63, 3.8) is 0 Å². The number of anilines is 1. The van der Waals surface area contributed by atoms with Crippen molar-refractivity contribution in [1.82, 2.24) is 0 Å². The third-order valence-corrected chi connectivity index (χ3v) is 3.61. The van der Waals surface area contributed by atoms with Gasteiger partial charge in [-0.25, -0.2) is 0 Å². The van der Waals surface area contributed by atoms with E-state index in [0.717, 1.165) is 28.3 Å². The van der Waals surface area contributed by atoms with Gasteiger partial charge >= 0.3 is 0 Å². The third-order valence-electron chi connectivity index (χ3n) is 3.61. The van der Waals surface area contributed by atoms with E-state index in [9.17, 15) is 5.11 Å². The second-order valence-electron chi connectivity index (χ2n) is 5.20. The average Bonchev–Trinajstić information content (AvgIpc) is 2.54. The van der Waals surface area contributed by atoms with E-state index in [4.69, 9.17) is 10.8 Å². The molecule has 0 bridgehead atoms. The molecule has 0 fully saturated rings. The summed E-state index contributed by atoms with van der Waals surface area (Å²) in [6.45, 7) is 3.94. The molecule has 0 saturated carbocycles. The van der Waals surface area contributed by atoms with Crippen molar-refractivity contribution < 1.29 is 10.2 Å². The predicted molar refractivity (Wildman–Crippen MR) is 92.2 cm³/mol. The maximum absolute atomic E-state index is 9.66. The van der Waals surface area contributed by atoms with Gasteiger partial charge in [0.1, 0.15) is 11.5 Å². The molecule has 0 aliphatic rings. The van der Waals surface area contributed by atoms with Gasteiger partial charge in [0.15, 0.2) is 0 Å². The minimum absolute atomic E-state index is 0.180. The van der Waals surface area contributed by atoms with E-state index >= 15 is 0 Å². The van der Waals surface area contributed by atoms with E-state index in [1.165, 1.54) is 0 Å². The Kier molecular flexibility index (Phi) is 4.89. The summed E-state index contributed by atoms with van der Waals surface area (Å²) in [4.78, 5) is 0. The maximum atomic E-state index is 9.66. The molecular weight excluding hydrogens is 274 g/mol. The highest BCUT2D eigenvalue weighted by molar-refractivity contribution is 5.89. The molecule has 0 unspecified atom stereocenters. The summed E-state index contributed by atoms with van der Waals surface area (Å²) in [5.41, 5.74) is 7.86. The second kappa shape index (κ2) is 6.85. The zero-order valence-electron chi connectivity index (χ0n) is 12.9. The van der Waals surface area contributed by atoms with Crippen molar-refractivity contribution in [3.05, 3.63) is 65.7 Å². The highest BCUT2D eigenvalue weighted by Crippen LogP contribution is 2.27. The van der Waals surface area contributed by atoms with Gasteiger partial charge in [0.2, 0.25) is 0 Å². The van der Waals surface area contributed by atoms with Crippen molar-refractivity contribution >= 4 is 16.5 Å². The molecule has 0 amide bonds. The van der Waals surface area contributed by atoms with Gasteiger partial charge in [0.05, 0.1) is 5.69 Å². The number of hydrogen-bond donors (Lipinski definition) is 3. The molecule has 22 heavy (non-hydrogen) atoms. The maximum Gasteiger partial charge on any atom is 0.138 e. The van der Waals surface area contributed by atoms with Gasteiger partial charge in [0.25, 0.3) is 0 Å². The summed E-state index contributed by atoms with van der Waals surface area (Å²) in [6.07, 6.45) is 0.924. The summed E-state index contributed by atoms with van der Waals surface area (Å²) in [6, 6.07) is 17.1. The Balaban J connectivity index is 0.000000164. The molecule has 0 aromatic heterocycles. The number of fused-ring (bicyclic) bond motifs is 1. The summed E-state index contributed by atoms with van der Waals surface area (Å²) in [5.74, 6) is 0.576. The number of nitrogen functional groups attached to an aromatic ring is 1. The van der Waals surface area contributed by atoms with Crippen LogP contribution in [0.5, 0.6) is 11.5 Å². The summed E-state index contributed by atoms with van der Waals surface area (Å²) in [7, 11) is 0. The van der Waals surface area contributed by atoms with Crippen LogP contribution >= 0.6 is 0 Å². The largest absolute Gasteiger partial charge is 0.507 e. The summed E-state index contributed by atoms with van der Waals surface area (Å²) in [5, 5.41) is 20.8. The van der Waals surface area contributed by atoms with Crippen molar-refractivity contribution in [2.24, 2.45) is 0 Å². The molecule has 114 valence electrons. The molecule has 0 saturated heterocycles. The molecule has 3 heteroatoms. The van der Waals surface area contributed by atoms with Crippen LogP contribution in [0.2, 0.25) is 0 Å². The molecule has 3 rings (SSSR count). The van der Waals surface area contributed by atoms with Crippen LogP contribution in [-0.4, -0.2) is 10.2 Å². The Morgan fingerprint density at radius 3 is 2.36 bits per heavy atom. The number of benzene rings is 3. The first-order chi connectivity index (χ1) is 10.5. The smallest absolute Gasteiger partial charge is 0.138 e. The van der Waals surface area contributed by atoms with E-state index in [2.05, 4.69) is 0 Å². The zero-order chi connectivity index (χ0) is 16.1. The minimum atomic E-state index is 0.180. The van der Waals surface area contributed by atoms with E-state index in [1.54, 1.807) is 12.1 Å². The molecule has 0 spiro atoms. The number of phenolic OH excluding ortho intramolecular Hbond substituents is 2. The van der Waals surface area contributed by atoms with Crippen LogP contribution in [0.3, 0.4) is 0 Å². The summed E-state index contributed by atoms with van der Waals surface area (Å²) >= 11 is 0. The van der Waals surface area contributed by atoms with E-state index in [1.807, 2.05) is 56.3 Å². The van der Waals surface area contributed by atoms with E-state index in [0.29, 0.717) is 11.4 Å². The van der Waals surface area contributed by atoms with Crippen molar-refractivity contribution in [3.8, 4) is 11.5 Å². The second-order valence-corrected chi connectivity index (χ2v) is 5.20. The minimum Gasteiger partial charge on any atom is -0.507 e. The highest BCUT2D eigenvalue weighted by Gasteiger charge is 2.00. The van der Waals surface area contributed by atoms with Crippen molar-refractivity contribution in [2.45, 2.75) is 20.3 Å². The van der Waals surface area contributed by atoms with Gasteiger partial charge in [-0.3, -0.25) is 0 Å². The third kappa shape index (κ3) is 3.50. The number of hydrogen-bond acceptors (Lipinski definition) is 3. The predicted octanol–water partition coefficient (Wildman–Crippen LogP) is 4.39. The Labute approximate surface area is 130 Å². The van der Waals surface area contributed by atoms with Crippen LogP contribution in [0, 0.1) is 6.92 Å². The molecule has 3 aromatic carbocycles. The Bertz CT molecular complexity index is 781. The molecule has 4 N–H and O–H groups in total. The fraction of sp³-hybridized carbons (Fsp3) is 0.158. The molecule has 0 heterocycles. The van der Waals surface area contributed by atoms with Gasteiger partial charge in [0, 0.05) is 5.39 Å². The number of aromatic hydroxyl groups is 2. The zero-order valence-corrected chi connectivity index (χ0v) is 12.9. The Morgan fingerprint density at radius 1 is 0.955 bits per heavy atom. The van der Waals surface area contributed by atoms with Crippen molar-refractivity contribution in [2.75, 3.05) is 5.73 Å². The molecule has 0 aliphatic heterocycles. The topological polar surface area (TPSA) is 66.5 Å². The number of phenols is 2. The van der Waals surface area contributed by atoms with Gasteiger partial charge in [-0.05, 0) is 42.0 Å². The Morgan fingerprint density at radius 2 is 1.68 bits per heavy atom. The molecule has 3 aromatic rings. The van der Waals surface area contributed by atoms with Crippen LogP contribution in [0.15, 0.2) is 54.6 Å². The van der Waals surface area contributed by atoms with E-state index in [-0.39, 0.29) is 5.75 Å². The lowest BCUT2D eigenvalue weighted by Crippen LogP contribution is -1.86. The van der Waals surface area contributed by atoms with Gasteiger partial charge < -0.3 is 15.9 Å². The molecule has 3 nitrogen and oxygen atoms in total. The monoisotopic (exact) mass is 295 g/mol. The normalized spacial score (nSPS) is 10.1. The quantitative estimate of drug-likeness (QED) is 0.461. The van der Waals surface area contributed by atoms with Gasteiger partial charge in [-0.1, -0.05) is 49.4 Å². The lowest BCUT2D eigenvalue weighted by atomic mass is 10.1. The van der Waals surface area contributed by atoms with Gasteiger partial charge in [-0.15, -0.1) is 0 Å². The molecule has 0 radical (unpaired) electrons. The number of rotatable bonds is 1. The Hall–Kier alpha value is -2.68. The first kappa shape index (κ1) is 15.7. The number of aryl methyl sites for hydroxylation is 2. The molecular formula is C19H21NO2. The van der Waals surface area contributed by atoms with E-state index < -0.39 is 0 Å². The van der Waals surface area contributed by atoms with Crippen LogP contribution in [0.1, 0.15) is 18.1 Å². The van der Waals surface area contributed by atoms with Gasteiger partial charge in [-0.2, -0.15) is 0 Å². The first-order valence-electron chi connectivity index (χ1n) is 7.27.